The van der Waals surface area contributed by atoms with Crippen molar-refractivity contribution in [3.63, 3.8) is 0 Å². The summed E-state index contributed by atoms with van der Waals surface area (Å²) in [6.07, 6.45) is 7.30. The maximum atomic E-state index is 5.94. The Balaban J connectivity index is 2.06. The highest BCUT2D eigenvalue weighted by Gasteiger charge is 2.17. The lowest BCUT2D eigenvalue weighted by atomic mass is 9.89. The lowest BCUT2D eigenvalue weighted by molar-refractivity contribution is 0.106. The van der Waals surface area contributed by atoms with Crippen molar-refractivity contribution in [2.45, 2.75) is 45.8 Å². The van der Waals surface area contributed by atoms with Gasteiger partial charge < -0.3 is 9.47 Å². The van der Waals surface area contributed by atoms with Crippen LogP contribution in [0.4, 0.5) is 0 Å². The second-order valence-corrected chi connectivity index (χ2v) is 6.29. The Morgan fingerprint density at radius 3 is 2.62 bits per heavy atom. The molecule has 24 heavy (non-hydrogen) atoms. The van der Waals surface area contributed by atoms with Gasteiger partial charge in [0.25, 0.3) is 0 Å². The van der Waals surface area contributed by atoms with Crippen molar-refractivity contribution in [3.8, 4) is 5.75 Å². The third-order valence-electron chi connectivity index (χ3n) is 4.58. The minimum atomic E-state index is 0.618. The molecule has 0 saturated carbocycles. The van der Waals surface area contributed by atoms with Gasteiger partial charge in [-0.25, -0.2) is 0 Å². The zero-order valence-electron chi connectivity index (χ0n) is 14.7. The maximum absolute atomic E-state index is 5.94. The van der Waals surface area contributed by atoms with Gasteiger partial charge in [-0.05, 0) is 52.8 Å². The van der Waals surface area contributed by atoms with Gasteiger partial charge in [-0.15, -0.1) is 0 Å². The highest BCUT2D eigenvalue weighted by molar-refractivity contribution is 5.83. The Hall–Kier alpha value is -2.06. The summed E-state index contributed by atoms with van der Waals surface area (Å²) in [4.78, 5) is 0. The van der Waals surface area contributed by atoms with Crippen LogP contribution >= 0.6 is 0 Å². The SMILES string of the molecule is CCCCC/C=C1/c2ccccc2COCc2cc(OC)ccc21. The van der Waals surface area contributed by atoms with E-state index in [1.807, 2.05) is 6.07 Å². The van der Waals surface area contributed by atoms with Gasteiger partial charge in [-0.1, -0.05) is 56.2 Å². The van der Waals surface area contributed by atoms with Crippen LogP contribution in [0.1, 0.15) is 54.9 Å². The predicted molar refractivity (Wildman–Crippen MR) is 99.2 cm³/mol. The van der Waals surface area contributed by atoms with Crippen molar-refractivity contribution in [1.29, 1.82) is 0 Å². The summed E-state index contributed by atoms with van der Waals surface area (Å²) >= 11 is 0. The molecule has 2 heteroatoms. The highest BCUT2D eigenvalue weighted by Crippen LogP contribution is 2.34. The van der Waals surface area contributed by atoms with Crippen molar-refractivity contribution in [1.82, 2.24) is 0 Å². The fourth-order valence-corrected chi connectivity index (χ4v) is 3.26. The largest absolute Gasteiger partial charge is 0.497 e. The first-order chi connectivity index (χ1) is 11.8. The molecule has 1 aliphatic rings. The molecule has 2 aromatic carbocycles. The molecule has 2 aromatic rings. The van der Waals surface area contributed by atoms with Crippen LogP contribution in [0.5, 0.6) is 5.75 Å². The Bertz CT molecular complexity index is 716. The van der Waals surface area contributed by atoms with Gasteiger partial charge in [0.15, 0.2) is 0 Å². The van der Waals surface area contributed by atoms with E-state index in [4.69, 9.17) is 9.47 Å². The van der Waals surface area contributed by atoms with E-state index in [0.717, 1.165) is 12.2 Å². The van der Waals surface area contributed by atoms with E-state index in [1.54, 1.807) is 7.11 Å². The minimum absolute atomic E-state index is 0.618. The van der Waals surface area contributed by atoms with Gasteiger partial charge in [0.1, 0.15) is 5.75 Å². The molecular formula is C22H26O2. The molecule has 0 radical (unpaired) electrons. The number of rotatable bonds is 5. The summed E-state index contributed by atoms with van der Waals surface area (Å²) in [5, 5.41) is 0. The lowest BCUT2D eigenvalue weighted by Crippen LogP contribution is -2.06. The molecule has 0 spiro atoms. The van der Waals surface area contributed by atoms with Gasteiger partial charge in [-0.2, -0.15) is 0 Å². The highest BCUT2D eigenvalue weighted by atomic mass is 16.5. The normalized spacial score (nSPS) is 15.3. The van der Waals surface area contributed by atoms with Crippen molar-refractivity contribution < 1.29 is 9.47 Å². The summed E-state index contributed by atoms with van der Waals surface area (Å²) < 4.78 is 11.3. The van der Waals surface area contributed by atoms with Crippen LogP contribution in [0.2, 0.25) is 0 Å². The monoisotopic (exact) mass is 322 g/mol. The van der Waals surface area contributed by atoms with Crippen LogP contribution < -0.4 is 4.74 Å². The molecule has 0 aromatic heterocycles. The summed E-state index contributed by atoms with van der Waals surface area (Å²) in [7, 11) is 1.71. The smallest absolute Gasteiger partial charge is 0.119 e. The molecule has 0 unspecified atom stereocenters. The fourth-order valence-electron chi connectivity index (χ4n) is 3.26. The van der Waals surface area contributed by atoms with Crippen LogP contribution in [0.15, 0.2) is 48.5 Å². The molecule has 1 aliphatic heterocycles. The fraction of sp³-hybridized carbons (Fsp3) is 0.364. The Morgan fingerprint density at radius 1 is 1.00 bits per heavy atom. The molecule has 0 amide bonds. The molecule has 0 aliphatic carbocycles. The van der Waals surface area contributed by atoms with Crippen LogP contribution in [-0.2, 0) is 18.0 Å². The van der Waals surface area contributed by atoms with E-state index in [-0.39, 0.29) is 0 Å². The third kappa shape index (κ3) is 3.70. The predicted octanol–water partition coefficient (Wildman–Crippen LogP) is 5.74. The third-order valence-corrected chi connectivity index (χ3v) is 4.58. The zero-order valence-corrected chi connectivity index (χ0v) is 14.7. The first-order valence-electron chi connectivity index (χ1n) is 8.87. The van der Waals surface area contributed by atoms with Crippen molar-refractivity contribution >= 4 is 5.57 Å². The second kappa shape index (κ2) is 8.16. The summed E-state index contributed by atoms with van der Waals surface area (Å²) in [5.41, 5.74) is 6.36. The molecule has 2 nitrogen and oxygen atoms in total. The quantitative estimate of drug-likeness (QED) is 0.654. The van der Waals surface area contributed by atoms with E-state index in [0.29, 0.717) is 13.2 Å². The van der Waals surface area contributed by atoms with Gasteiger partial charge in [-0.3, -0.25) is 0 Å². The number of hydrogen-bond donors (Lipinski definition) is 0. The average molecular weight is 322 g/mol. The van der Waals surface area contributed by atoms with Gasteiger partial charge in [0.05, 0.1) is 20.3 Å². The molecule has 0 bridgehead atoms. The number of unbranched alkanes of at least 4 members (excludes halogenated alkanes) is 3. The number of fused-ring (bicyclic) bond motifs is 2. The van der Waals surface area contributed by atoms with Crippen molar-refractivity contribution in [2.24, 2.45) is 0 Å². The number of benzene rings is 2. The van der Waals surface area contributed by atoms with E-state index < -0.39 is 0 Å². The second-order valence-electron chi connectivity index (χ2n) is 6.29. The lowest BCUT2D eigenvalue weighted by Gasteiger charge is -2.21. The molecule has 1 heterocycles. The number of methoxy groups -OCH3 is 1. The van der Waals surface area contributed by atoms with Crippen LogP contribution in [0, 0.1) is 0 Å². The number of hydrogen-bond acceptors (Lipinski definition) is 2. The topological polar surface area (TPSA) is 18.5 Å². The van der Waals surface area contributed by atoms with Crippen molar-refractivity contribution in [2.75, 3.05) is 7.11 Å². The Labute approximate surface area is 145 Å². The van der Waals surface area contributed by atoms with Gasteiger partial charge in [0.2, 0.25) is 0 Å². The molecule has 0 N–H and O–H groups in total. The molecule has 0 saturated heterocycles. The molecule has 126 valence electrons. The summed E-state index contributed by atoms with van der Waals surface area (Å²) in [5.74, 6) is 0.886. The zero-order chi connectivity index (χ0) is 16.8. The first kappa shape index (κ1) is 16.8. The Kier molecular flexibility index (Phi) is 5.71. The number of allylic oxidation sites excluding steroid dienone is 1. The van der Waals surface area contributed by atoms with Crippen molar-refractivity contribution in [3.05, 3.63) is 70.8 Å². The molecule has 0 fully saturated rings. The molecule has 3 rings (SSSR count). The van der Waals surface area contributed by atoms with Crippen LogP contribution in [0.3, 0.4) is 0 Å². The molecule has 0 atom stereocenters. The van der Waals surface area contributed by atoms with Gasteiger partial charge >= 0.3 is 0 Å². The van der Waals surface area contributed by atoms with Gasteiger partial charge in [0, 0.05) is 0 Å². The standard InChI is InChI=1S/C22H26O2/c1-3-4-5-6-11-22-20-10-8-7-9-17(20)15-24-16-18-14-19(23-2)12-13-21(18)22/h7-14H,3-6,15-16H2,1-2H3/b22-11-. The van der Waals surface area contributed by atoms with Crippen LogP contribution in [-0.4, -0.2) is 7.11 Å². The number of ether oxygens (including phenoxy) is 2. The first-order valence-corrected chi connectivity index (χ1v) is 8.87. The van der Waals surface area contributed by atoms with E-state index in [9.17, 15) is 0 Å². The van der Waals surface area contributed by atoms with E-state index in [1.165, 1.54) is 47.1 Å². The van der Waals surface area contributed by atoms with Crippen LogP contribution in [0.25, 0.3) is 5.57 Å². The summed E-state index contributed by atoms with van der Waals surface area (Å²) in [6.45, 7) is 3.52. The van der Waals surface area contributed by atoms with E-state index >= 15 is 0 Å². The average Bonchev–Trinajstić information content (AvgIpc) is 2.61. The van der Waals surface area contributed by atoms with E-state index in [2.05, 4.69) is 49.4 Å². The maximum Gasteiger partial charge on any atom is 0.119 e. The molecular weight excluding hydrogens is 296 g/mol. The minimum Gasteiger partial charge on any atom is -0.497 e. The Morgan fingerprint density at radius 2 is 1.79 bits per heavy atom. The summed E-state index contributed by atoms with van der Waals surface area (Å²) in [6, 6.07) is 14.9.